The van der Waals surface area contributed by atoms with Gasteiger partial charge >= 0.3 is 0 Å². The number of fused-ring (bicyclic) bond motifs is 34. The lowest BCUT2D eigenvalue weighted by atomic mass is 9.79. The molecule has 2 aliphatic carbocycles. The highest BCUT2D eigenvalue weighted by atomic mass is 32.1. The molecule has 5 nitrogen and oxygen atoms in total. The first-order valence-corrected chi connectivity index (χ1v) is 50.0. The lowest BCUT2D eigenvalue weighted by Gasteiger charge is -2.32. The van der Waals surface area contributed by atoms with Gasteiger partial charge in [-0.15, -0.1) is 11.3 Å². The SMILES string of the molecule is CC1(C)c2ccccc2-c2ccc3c(ccc4ccc5cc(N(c6ccc(-c7ccccc7)cc6)c6ccc7ccccc7c6)ccc5c43)c21.CC1(C)c2ccccc2-c2cccc(N(c3ccccc3)c3ccc4c(ccc5ccc6c(ccc7sc8ccccc8c76)c54)c3)c21.c1ccc(N(c2ccc3c(ccc4ccc5c(ccc6oc7ccccc7c65)c43)c2)c2cccc3c2oc2ccccc23)cc1. The summed E-state index contributed by atoms with van der Waals surface area (Å²) in [6.45, 7) is 9.50. The Morgan fingerprint density at radius 1 is 0.190 bits per heavy atom. The number of thiophene rings is 1. The number of furan rings is 2. The van der Waals surface area contributed by atoms with Crippen molar-refractivity contribution in [2.75, 3.05) is 14.7 Å². The fourth-order valence-corrected chi connectivity index (χ4v) is 25.3. The first kappa shape index (κ1) is 82.6. The molecule has 668 valence electrons. The fourth-order valence-electron chi connectivity index (χ4n) is 24.2. The molecule has 30 rings (SSSR count). The van der Waals surface area contributed by atoms with E-state index in [-0.39, 0.29) is 10.8 Å². The van der Waals surface area contributed by atoms with Crippen LogP contribution in [0.5, 0.6) is 0 Å². The number of hydrogen-bond donors (Lipinski definition) is 0. The molecule has 25 aromatic carbocycles. The van der Waals surface area contributed by atoms with Gasteiger partial charge in [-0.3, -0.25) is 0 Å². The predicted octanol–water partition coefficient (Wildman–Crippen LogP) is 39.4. The van der Waals surface area contributed by atoms with E-state index in [0.717, 1.165) is 84.0 Å². The summed E-state index contributed by atoms with van der Waals surface area (Å²) in [5.74, 6) is 0. The van der Waals surface area contributed by atoms with Gasteiger partial charge in [0.2, 0.25) is 0 Å². The van der Waals surface area contributed by atoms with E-state index in [1.807, 2.05) is 35.6 Å². The van der Waals surface area contributed by atoms with Crippen LogP contribution in [0.3, 0.4) is 0 Å². The predicted molar refractivity (Wildman–Crippen MR) is 606 cm³/mol. The van der Waals surface area contributed by atoms with E-state index in [9.17, 15) is 0 Å². The summed E-state index contributed by atoms with van der Waals surface area (Å²) in [6, 6.07) is 175. The highest BCUT2D eigenvalue weighted by molar-refractivity contribution is 7.26. The average Bonchev–Trinajstić information content (AvgIpc) is 1.52. The molecule has 0 saturated heterocycles. The van der Waals surface area contributed by atoms with Crippen molar-refractivity contribution in [3.63, 3.8) is 0 Å². The minimum absolute atomic E-state index is 0.0622. The smallest absolute Gasteiger partial charge is 0.159 e. The van der Waals surface area contributed by atoms with E-state index >= 15 is 0 Å². The molecule has 0 bridgehead atoms. The Hall–Kier alpha value is -17.7. The normalized spacial score (nSPS) is 12.9. The van der Waals surface area contributed by atoms with Crippen LogP contribution in [0.15, 0.2) is 488 Å². The molecule has 3 heterocycles. The maximum atomic E-state index is 6.51. The second-order valence-electron chi connectivity index (χ2n) is 39.2. The quantitative estimate of drug-likeness (QED) is 0.128. The molecule has 3 aromatic heterocycles. The molecule has 6 heteroatoms. The van der Waals surface area contributed by atoms with Crippen LogP contribution in [0.25, 0.3) is 205 Å². The van der Waals surface area contributed by atoms with E-state index in [0.29, 0.717) is 0 Å². The minimum atomic E-state index is -0.126. The van der Waals surface area contributed by atoms with Crippen molar-refractivity contribution in [2.45, 2.75) is 38.5 Å². The maximum absolute atomic E-state index is 6.51. The van der Waals surface area contributed by atoms with Crippen molar-refractivity contribution in [3.8, 4) is 33.4 Å². The van der Waals surface area contributed by atoms with Gasteiger partial charge in [0, 0.05) is 92.4 Å². The summed E-state index contributed by atoms with van der Waals surface area (Å²) in [4.78, 5) is 7.15. The number of benzene rings is 25. The molecule has 0 saturated carbocycles. The van der Waals surface area contributed by atoms with Crippen molar-refractivity contribution in [3.05, 3.63) is 501 Å². The highest BCUT2D eigenvalue weighted by Gasteiger charge is 2.40. The monoisotopic (exact) mass is 1830 g/mol. The van der Waals surface area contributed by atoms with Crippen molar-refractivity contribution < 1.29 is 8.83 Å². The molecule has 0 radical (unpaired) electrons. The first-order valence-electron chi connectivity index (χ1n) is 49.1. The van der Waals surface area contributed by atoms with Crippen LogP contribution in [0.2, 0.25) is 0 Å². The Morgan fingerprint density at radius 3 is 1.21 bits per heavy atom. The lowest BCUT2D eigenvalue weighted by molar-refractivity contribution is 0.661. The van der Waals surface area contributed by atoms with Crippen molar-refractivity contribution in [2.24, 2.45) is 0 Å². The molecule has 0 spiro atoms. The van der Waals surface area contributed by atoms with Crippen LogP contribution in [0, 0.1) is 0 Å². The van der Waals surface area contributed by atoms with Crippen molar-refractivity contribution in [1.29, 1.82) is 0 Å². The van der Waals surface area contributed by atoms with E-state index < -0.39 is 0 Å². The van der Waals surface area contributed by atoms with Gasteiger partial charge < -0.3 is 23.5 Å². The van der Waals surface area contributed by atoms with Gasteiger partial charge in [-0.05, 0) is 297 Å². The van der Waals surface area contributed by atoms with Crippen LogP contribution < -0.4 is 14.7 Å². The standard InChI is InChI=1S/C49H35N.C45H31NS.C42H25NO2/c1-49(2)46-15-9-8-14-42(46)44-29-28-43-45(48(44)49)26-21-35-16-17-37-31-40(25-27-41(37)47(35)43)50(39-24-20-33-12-6-7-13-36(33)30-39)38-22-18-34(19-23-38)32-10-4-3-5-11-32;1-45(2)38-16-8-6-13-33(38)36-15-10-17-39(44(36)45)46(30-11-4-3-5-12-30)31-22-24-32-29(27-31)20-19-28-21-23-35-34(42(28)32)25-26-41-43(35)37-14-7-9-18-40(37)47-41;1-2-9-28(10-3-1)43(36-14-8-13-34-31-11-4-6-15-37(31)45-42(34)36)29-20-22-30-27(25-29)18-17-26-19-21-33-32(40(26)30)23-24-39-41(33)35-12-5-7-16-38(35)44-39/h3-31H,1-2H3;3-27H,1-2H3;1-25H. The molecule has 28 aromatic rings. The summed E-state index contributed by atoms with van der Waals surface area (Å²) in [6.07, 6.45) is 0. The van der Waals surface area contributed by atoms with Crippen LogP contribution >= 0.6 is 11.3 Å². The summed E-state index contributed by atoms with van der Waals surface area (Å²) in [7, 11) is 0. The van der Waals surface area contributed by atoms with E-state index in [1.165, 1.54) is 195 Å². The van der Waals surface area contributed by atoms with E-state index in [2.05, 4.69) is 497 Å². The number of hydrogen-bond acceptors (Lipinski definition) is 6. The number of para-hydroxylation sites is 5. The zero-order valence-corrected chi connectivity index (χ0v) is 79.5. The first-order chi connectivity index (χ1) is 69.9. The van der Waals surface area contributed by atoms with Crippen LogP contribution in [-0.4, -0.2) is 0 Å². The van der Waals surface area contributed by atoms with Gasteiger partial charge in [-0.1, -0.05) is 373 Å². The third-order valence-electron chi connectivity index (χ3n) is 30.6. The molecular weight excluding hydrogens is 1740 g/mol. The molecule has 2 aliphatic rings. The summed E-state index contributed by atoms with van der Waals surface area (Å²) < 4.78 is 15.4. The van der Waals surface area contributed by atoms with Crippen molar-refractivity contribution >= 4 is 234 Å². The largest absolute Gasteiger partial charge is 0.456 e. The van der Waals surface area contributed by atoms with Crippen LogP contribution in [0.4, 0.5) is 51.2 Å². The molecule has 0 aliphatic heterocycles. The van der Waals surface area contributed by atoms with Crippen molar-refractivity contribution in [1.82, 2.24) is 0 Å². The zero-order valence-electron chi connectivity index (χ0n) is 78.7. The van der Waals surface area contributed by atoms with Gasteiger partial charge in [0.25, 0.3) is 0 Å². The fraction of sp³-hybridized carbons (Fsp3) is 0.0441. The Kier molecular flexibility index (Phi) is 18.9. The molecule has 0 fully saturated rings. The second-order valence-corrected chi connectivity index (χ2v) is 40.2. The topological polar surface area (TPSA) is 36.0 Å². The molecule has 0 unspecified atom stereocenters. The maximum Gasteiger partial charge on any atom is 0.159 e. The van der Waals surface area contributed by atoms with E-state index in [1.54, 1.807) is 0 Å². The van der Waals surface area contributed by atoms with Gasteiger partial charge in [0.1, 0.15) is 16.7 Å². The number of nitrogens with zero attached hydrogens (tertiary/aromatic N) is 3. The average molecular weight is 1830 g/mol. The summed E-state index contributed by atoms with van der Waals surface area (Å²) in [5.41, 5.74) is 27.0. The molecule has 142 heavy (non-hydrogen) atoms. The van der Waals surface area contributed by atoms with Gasteiger partial charge in [-0.2, -0.15) is 0 Å². The van der Waals surface area contributed by atoms with Gasteiger partial charge in [0.05, 0.1) is 11.4 Å². The lowest BCUT2D eigenvalue weighted by Crippen LogP contribution is -2.20. The molecule has 0 atom stereocenters. The Labute approximate surface area is 825 Å². The summed E-state index contributed by atoms with van der Waals surface area (Å²) >= 11 is 1.89. The minimum Gasteiger partial charge on any atom is -0.456 e. The molecule has 0 amide bonds. The van der Waals surface area contributed by atoms with Crippen LogP contribution in [-0.2, 0) is 10.8 Å². The summed E-state index contributed by atoms with van der Waals surface area (Å²) in [5, 5.41) is 32.6. The third-order valence-corrected chi connectivity index (χ3v) is 31.7. The Balaban J connectivity index is 0.000000104. The molecular formula is C136H91N3O2S. The second kappa shape index (κ2) is 32.5. The number of anilines is 9. The Bertz CT molecular complexity index is 10100. The zero-order chi connectivity index (χ0) is 94.2. The number of rotatable bonds is 10. The van der Waals surface area contributed by atoms with E-state index in [4.69, 9.17) is 8.83 Å². The van der Waals surface area contributed by atoms with Gasteiger partial charge in [-0.25, -0.2) is 0 Å². The highest BCUT2D eigenvalue weighted by Crippen LogP contribution is 2.58. The third kappa shape index (κ3) is 13.1. The molecule has 0 N–H and O–H groups in total. The van der Waals surface area contributed by atoms with Gasteiger partial charge in [0.15, 0.2) is 5.58 Å². The Morgan fingerprint density at radius 2 is 0.577 bits per heavy atom. The van der Waals surface area contributed by atoms with Crippen LogP contribution in [0.1, 0.15) is 49.9 Å².